The molecule has 3 aromatic rings. The van der Waals surface area contributed by atoms with Crippen LogP contribution in [-0.4, -0.2) is 15.3 Å². The molecule has 1 amide bonds. The number of nitrogens with one attached hydrogen (secondary N) is 1. The summed E-state index contributed by atoms with van der Waals surface area (Å²) < 4.78 is 1.43. The summed E-state index contributed by atoms with van der Waals surface area (Å²) in [7, 11) is 0. The second-order valence-electron chi connectivity index (χ2n) is 4.75. The van der Waals surface area contributed by atoms with E-state index in [1.54, 1.807) is 30.6 Å². The normalized spacial score (nSPS) is 10.8. The molecule has 1 aromatic carbocycles. The Bertz CT molecular complexity index is 878. The first-order chi connectivity index (χ1) is 10.1. The number of carbonyl (C=O) groups is 1. The summed E-state index contributed by atoms with van der Waals surface area (Å²) in [5.41, 5.74) is 2.05. The van der Waals surface area contributed by atoms with E-state index in [2.05, 4.69) is 10.3 Å². The number of rotatable bonds is 2. The van der Waals surface area contributed by atoms with Crippen LogP contribution >= 0.6 is 11.3 Å². The quantitative estimate of drug-likeness (QED) is 0.791. The Labute approximate surface area is 124 Å². The Morgan fingerprint density at radius 2 is 1.95 bits per heavy atom. The molecule has 0 aliphatic rings. The summed E-state index contributed by atoms with van der Waals surface area (Å²) in [6, 6.07) is 7.17. The number of carbonyl (C=O) groups excluding carboxylic acids is 1. The predicted molar refractivity (Wildman–Crippen MR) is 83.2 cm³/mol. The molecule has 0 radical (unpaired) electrons. The van der Waals surface area contributed by atoms with Gasteiger partial charge in [0, 0.05) is 17.1 Å². The SMILES string of the molecule is Cc1ccc(C(=O)Nc2c(C)nc3sccn3c2=O)cc1. The van der Waals surface area contributed by atoms with Crippen molar-refractivity contribution in [1.82, 2.24) is 9.38 Å². The third-order valence-electron chi connectivity index (χ3n) is 3.20. The molecule has 0 aliphatic heterocycles. The summed E-state index contributed by atoms with van der Waals surface area (Å²) in [4.78, 5) is 29.5. The standard InChI is InChI=1S/C15H13N3O2S/c1-9-3-5-11(6-4-9)13(19)17-12-10(2)16-15-18(14(12)20)7-8-21-15/h3-8H,1-2H3,(H,17,19). The lowest BCUT2D eigenvalue weighted by atomic mass is 10.1. The second-order valence-corrected chi connectivity index (χ2v) is 5.63. The highest BCUT2D eigenvalue weighted by Crippen LogP contribution is 2.14. The molecule has 0 bridgehead atoms. The van der Waals surface area contributed by atoms with Gasteiger partial charge in [0.05, 0.1) is 5.69 Å². The van der Waals surface area contributed by atoms with Gasteiger partial charge in [-0.3, -0.25) is 14.0 Å². The summed E-state index contributed by atoms with van der Waals surface area (Å²) in [5, 5.41) is 4.45. The van der Waals surface area contributed by atoms with Crippen LogP contribution in [0.25, 0.3) is 4.96 Å². The van der Waals surface area contributed by atoms with Crippen molar-refractivity contribution < 1.29 is 4.79 Å². The van der Waals surface area contributed by atoms with Crippen molar-refractivity contribution in [3.05, 3.63) is 63.0 Å². The minimum Gasteiger partial charge on any atom is -0.316 e. The van der Waals surface area contributed by atoms with Crippen LogP contribution in [0.15, 0.2) is 40.6 Å². The van der Waals surface area contributed by atoms with Gasteiger partial charge in [-0.15, -0.1) is 11.3 Å². The molecule has 6 heteroatoms. The van der Waals surface area contributed by atoms with Gasteiger partial charge in [-0.25, -0.2) is 4.98 Å². The van der Waals surface area contributed by atoms with Gasteiger partial charge in [0.15, 0.2) is 4.96 Å². The van der Waals surface area contributed by atoms with Gasteiger partial charge in [-0.1, -0.05) is 17.7 Å². The number of amides is 1. The van der Waals surface area contributed by atoms with Crippen molar-refractivity contribution in [2.24, 2.45) is 0 Å². The molecule has 2 heterocycles. The number of benzene rings is 1. The summed E-state index contributed by atoms with van der Waals surface area (Å²) >= 11 is 1.38. The molecular formula is C15H13N3O2S. The molecule has 0 saturated heterocycles. The molecular weight excluding hydrogens is 286 g/mol. The van der Waals surface area contributed by atoms with Gasteiger partial charge in [-0.2, -0.15) is 0 Å². The van der Waals surface area contributed by atoms with E-state index in [1.165, 1.54) is 15.7 Å². The van der Waals surface area contributed by atoms with E-state index in [0.717, 1.165) is 5.56 Å². The highest BCUT2D eigenvalue weighted by Gasteiger charge is 2.14. The van der Waals surface area contributed by atoms with E-state index in [0.29, 0.717) is 16.2 Å². The summed E-state index contributed by atoms with van der Waals surface area (Å²) in [6.07, 6.45) is 1.65. The van der Waals surface area contributed by atoms with Gasteiger partial charge in [-0.05, 0) is 26.0 Å². The molecule has 0 saturated carbocycles. The highest BCUT2D eigenvalue weighted by atomic mass is 32.1. The Morgan fingerprint density at radius 3 is 2.67 bits per heavy atom. The first-order valence-electron chi connectivity index (χ1n) is 6.41. The maximum absolute atomic E-state index is 12.3. The van der Waals surface area contributed by atoms with E-state index >= 15 is 0 Å². The van der Waals surface area contributed by atoms with E-state index in [9.17, 15) is 9.59 Å². The molecule has 0 aliphatic carbocycles. The lowest BCUT2D eigenvalue weighted by molar-refractivity contribution is 0.102. The summed E-state index contributed by atoms with van der Waals surface area (Å²) in [5.74, 6) is -0.313. The van der Waals surface area contributed by atoms with Crippen LogP contribution in [0.2, 0.25) is 0 Å². The number of aromatic nitrogens is 2. The topological polar surface area (TPSA) is 63.5 Å². The fourth-order valence-corrected chi connectivity index (χ4v) is 2.77. The Kier molecular flexibility index (Phi) is 3.31. The Balaban J connectivity index is 1.99. The molecule has 0 fully saturated rings. The number of thiazole rings is 1. The number of anilines is 1. The molecule has 3 rings (SSSR count). The van der Waals surface area contributed by atoms with Gasteiger partial charge >= 0.3 is 0 Å². The molecule has 5 nitrogen and oxygen atoms in total. The first kappa shape index (κ1) is 13.5. The van der Waals surface area contributed by atoms with Crippen molar-refractivity contribution in [1.29, 1.82) is 0 Å². The maximum atomic E-state index is 12.3. The first-order valence-corrected chi connectivity index (χ1v) is 7.29. The van der Waals surface area contributed by atoms with Crippen molar-refractivity contribution in [3.63, 3.8) is 0 Å². The molecule has 106 valence electrons. The van der Waals surface area contributed by atoms with Gasteiger partial charge in [0.1, 0.15) is 5.69 Å². The fraction of sp³-hybridized carbons (Fsp3) is 0.133. The zero-order valence-electron chi connectivity index (χ0n) is 11.6. The average molecular weight is 299 g/mol. The van der Waals surface area contributed by atoms with Crippen molar-refractivity contribution >= 4 is 27.9 Å². The molecule has 2 aromatic heterocycles. The van der Waals surface area contributed by atoms with E-state index in [-0.39, 0.29) is 17.2 Å². The lowest BCUT2D eigenvalue weighted by Gasteiger charge is -2.07. The van der Waals surface area contributed by atoms with Crippen molar-refractivity contribution in [3.8, 4) is 0 Å². The van der Waals surface area contributed by atoms with Crippen LogP contribution in [0.1, 0.15) is 21.6 Å². The lowest BCUT2D eigenvalue weighted by Crippen LogP contribution is -2.24. The number of hydrogen-bond donors (Lipinski definition) is 1. The van der Waals surface area contributed by atoms with Crippen molar-refractivity contribution in [2.75, 3.05) is 5.32 Å². The molecule has 0 spiro atoms. The number of aryl methyl sites for hydroxylation is 2. The van der Waals surface area contributed by atoms with Crippen LogP contribution in [0, 0.1) is 13.8 Å². The van der Waals surface area contributed by atoms with Crippen LogP contribution in [-0.2, 0) is 0 Å². The fourth-order valence-electron chi connectivity index (χ4n) is 2.02. The van der Waals surface area contributed by atoms with E-state index in [4.69, 9.17) is 0 Å². The van der Waals surface area contributed by atoms with E-state index in [1.807, 2.05) is 19.1 Å². The summed E-state index contributed by atoms with van der Waals surface area (Å²) in [6.45, 7) is 3.67. The average Bonchev–Trinajstić information content (AvgIpc) is 2.92. The molecule has 0 unspecified atom stereocenters. The molecule has 1 N–H and O–H groups in total. The minimum atomic E-state index is -0.313. The van der Waals surface area contributed by atoms with E-state index < -0.39 is 0 Å². The van der Waals surface area contributed by atoms with Crippen molar-refractivity contribution in [2.45, 2.75) is 13.8 Å². The zero-order valence-corrected chi connectivity index (χ0v) is 12.4. The van der Waals surface area contributed by atoms with Gasteiger partial charge in [0.2, 0.25) is 0 Å². The third kappa shape index (κ3) is 2.45. The Morgan fingerprint density at radius 1 is 1.24 bits per heavy atom. The van der Waals surface area contributed by atoms with Crippen LogP contribution < -0.4 is 10.9 Å². The third-order valence-corrected chi connectivity index (χ3v) is 3.96. The smallest absolute Gasteiger partial charge is 0.282 e. The van der Waals surface area contributed by atoms with Crippen LogP contribution in [0.3, 0.4) is 0 Å². The zero-order chi connectivity index (χ0) is 15.0. The molecule has 21 heavy (non-hydrogen) atoms. The highest BCUT2D eigenvalue weighted by molar-refractivity contribution is 7.15. The van der Waals surface area contributed by atoms with Gasteiger partial charge < -0.3 is 5.32 Å². The van der Waals surface area contributed by atoms with Gasteiger partial charge in [0.25, 0.3) is 11.5 Å². The molecule has 0 atom stereocenters. The number of nitrogens with zero attached hydrogens (tertiary/aromatic N) is 2. The number of fused-ring (bicyclic) bond motifs is 1. The predicted octanol–water partition coefficient (Wildman–Crippen LogP) is 2.63. The number of hydrogen-bond acceptors (Lipinski definition) is 4. The monoisotopic (exact) mass is 299 g/mol. The van der Waals surface area contributed by atoms with Crippen LogP contribution in [0.4, 0.5) is 5.69 Å². The largest absolute Gasteiger partial charge is 0.316 e. The van der Waals surface area contributed by atoms with Crippen LogP contribution in [0.5, 0.6) is 0 Å². The second kappa shape index (κ2) is 5.14. The Hall–Kier alpha value is -2.47. The maximum Gasteiger partial charge on any atom is 0.282 e. The minimum absolute atomic E-state index is 0.219.